The number of aromatic amines is 1. The van der Waals surface area contributed by atoms with Gasteiger partial charge in [-0.3, -0.25) is 24.0 Å². The molecule has 1 unspecified atom stereocenters. The number of ketones is 2. The molecule has 234 valence electrons. The number of hydrogen-bond donors (Lipinski definition) is 3. The number of unbranched alkanes of at least 4 members (excludes halogenated alkanes) is 2. The van der Waals surface area contributed by atoms with Crippen molar-refractivity contribution in [1.29, 1.82) is 0 Å². The lowest BCUT2D eigenvalue weighted by Crippen LogP contribution is -2.61. The number of fused-ring (bicyclic) bond motifs is 2. The quantitative estimate of drug-likeness (QED) is 0.328. The number of carbonyl (C=O) groups excluding carboxylic acids is 5. The highest BCUT2D eigenvalue weighted by molar-refractivity contribution is 5.98. The molecule has 0 spiro atoms. The van der Waals surface area contributed by atoms with Crippen molar-refractivity contribution in [3.63, 3.8) is 0 Å². The summed E-state index contributed by atoms with van der Waals surface area (Å²) in [5, 5.41) is 6.97. The zero-order valence-corrected chi connectivity index (χ0v) is 26.0. The van der Waals surface area contributed by atoms with Crippen molar-refractivity contribution in [2.75, 3.05) is 6.54 Å². The van der Waals surface area contributed by atoms with Crippen LogP contribution in [0.1, 0.15) is 97.0 Å². The second-order valence-electron chi connectivity index (χ2n) is 12.4. The van der Waals surface area contributed by atoms with E-state index in [-0.39, 0.29) is 42.1 Å². The van der Waals surface area contributed by atoms with Gasteiger partial charge in [0.15, 0.2) is 5.78 Å². The Hall–Kier alpha value is -3.49. The van der Waals surface area contributed by atoms with E-state index in [2.05, 4.69) is 15.6 Å². The van der Waals surface area contributed by atoms with Gasteiger partial charge < -0.3 is 20.5 Å². The van der Waals surface area contributed by atoms with E-state index in [9.17, 15) is 24.0 Å². The molecule has 0 radical (unpaired) electrons. The molecule has 9 heteroatoms. The summed E-state index contributed by atoms with van der Waals surface area (Å²) in [6.45, 7) is 6.25. The van der Waals surface area contributed by atoms with Gasteiger partial charge in [0.1, 0.15) is 17.9 Å². The second-order valence-corrected chi connectivity index (χ2v) is 12.4. The Kier molecular flexibility index (Phi) is 11.5. The van der Waals surface area contributed by atoms with Gasteiger partial charge in [-0.2, -0.15) is 0 Å². The highest BCUT2D eigenvalue weighted by Gasteiger charge is 2.40. The standard InChI is InChI=1S/C34H48N4O5/c1-4-22(3)31-34(43)38-18-12-11-17-29(38)30(40)20-23(13-7-6-8-14-25(39)5-2)32(41)36-28(33(42)37-31)19-24-21-35-27-16-10-9-15-26(24)27/h9-10,15-16,21-23,28-29,31,35H,4-8,11-14,17-20H2,1-3H3,(H,36,41)(H,37,42)/t22?,23-,28+,29-,31+/m1/s1. The van der Waals surface area contributed by atoms with Crippen LogP contribution in [0.5, 0.6) is 0 Å². The maximum absolute atomic E-state index is 14.0. The smallest absolute Gasteiger partial charge is 0.246 e. The molecule has 1 aromatic heterocycles. The van der Waals surface area contributed by atoms with Crippen LogP contribution in [-0.2, 0) is 30.4 Å². The van der Waals surface area contributed by atoms with Crippen LogP contribution in [0.4, 0.5) is 0 Å². The number of Topliss-reactive ketones (excluding diaryl/α,β-unsaturated/α-hetero) is 2. The Morgan fingerprint density at radius 2 is 1.79 bits per heavy atom. The third-order valence-corrected chi connectivity index (χ3v) is 9.39. The number of aromatic nitrogens is 1. The van der Waals surface area contributed by atoms with E-state index in [4.69, 9.17) is 0 Å². The summed E-state index contributed by atoms with van der Waals surface area (Å²) in [6, 6.07) is 5.52. The molecular formula is C34H48N4O5. The molecule has 2 saturated heterocycles. The van der Waals surface area contributed by atoms with E-state index in [1.165, 1.54) is 0 Å². The fourth-order valence-corrected chi connectivity index (χ4v) is 6.44. The van der Waals surface area contributed by atoms with Crippen LogP contribution in [0.2, 0.25) is 0 Å². The molecular weight excluding hydrogens is 544 g/mol. The van der Waals surface area contributed by atoms with Crippen LogP contribution in [0.15, 0.2) is 30.5 Å². The van der Waals surface area contributed by atoms with Gasteiger partial charge in [-0.05, 0) is 49.7 Å². The molecule has 2 aromatic rings. The molecule has 5 atom stereocenters. The Balaban J connectivity index is 1.63. The van der Waals surface area contributed by atoms with Gasteiger partial charge >= 0.3 is 0 Å². The van der Waals surface area contributed by atoms with Crippen LogP contribution < -0.4 is 10.6 Å². The number of nitrogens with one attached hydrogen (secondary N) is 3. The zero-order chi connectivity index (χ0) is 30.9. The van der Waals surface area contributed by atoms with E-state index >= 15 is 0 Å². The van der Waals surface area contributed by atoms with Gasteiger partial charge in [-0.15, -0.1) is 0 Å². The summed E-state index contributed by atoms with van der Waals surface area (Å²) in [7, 11) is 0. The molecule has 3 amide bonds. The van der Waals surface area contributed by atoms with Gasteiger partial charge in [-0.1, -0.05) is 58.2 Å². The van der Waals surface area contributed by atoms with E-state index in [1.54, 1.807) is 4.90 Å². The molecule has 9 nitrogen and oxygen atoms in total. The predicted octanol–water partition coefficient (Wildman–Crippen LogP) is 4.63. The van der Waals surface area contributed by atoms with E-state index in [1.807, 2.05) is 51.2 Å². The van der Waals surface area contributed by atoms with Gasteiger partial charge in [0.2, 0.25) is 17.7 Å². The topological polar surface area (TPSA) is 128 Å². The first-order chi connectivity index (χ1) is 20.7. The maximum atomic E-state index is 14.0. The number of carbonyl (C=O) groups is 5. The summed E-state index contributed by atoms with van der Waals surface area (Å²) < 4.78 is 0. The molecule has 0 saturated carbocycles. The van der Waals surface area contributed by atoms with Crippen molar-refractivity contribution < 1.29 is 24.0 Å². The molecule has 2 aliphatic rings. The van der Waals surface area contributed by atoms with Crippen LogP contribution >= 0.6 is 0 Å². The number of amides is 3. The van der Waals surface area contributed by atoms with Crippen LogP contribution in [0, 0.1) is 11.8 Å². The number of hydrogen-bond acceptors (Lipinski definition) is 5. The first-order valence-electron chi connectivity index (χ1n) is 16.2. The Bertz CT molecular complexity index is 1300. The fraction of sp³-hybridized carbons (Fsp3) is 0.618. The highest BCUT2D eigenvalue weighted by Crippen LogP contribution is 2.27. The first kappa shape index (κ1) is 32.4. The molecule has 3 heterocycles. The fourth-order valence-electron chi connectivity index (χ4n) is 6.44. The summed E-state index contributed by atoms with van der Waals surface area (Å²) >= 11 is 0. The van der Waals surface area contributed by atoms with E-state index < -0.39 is 30.0 Å². The Labute approximate surface area is 254 Å². The third kappa shape index (κ3) is 8.12. The monoisotopic (exact) mass is 592 g/mol. The van der Waals surface area contributed by atoms with E-state index in [0.717, 1.165) is 42.1 Å². The summed E-state index contributed by atoms with van der Waals surface area (Å²) in [6.07, 6.45) is 8.79. The van der Waals surface area contributed by atoms with E-state index in [0.29, 0.717) is 45.1 Å². The largest absolute Gasteiger partial charge is 0.361 e. The van der Waals surface area contributed by atoms with Gasteiger partial charge in [0.25, 0.3) is 0 Å². The van der Waals surface area contributed by atoms with Crippen molar-refractivity contribution in [1.82, 2.24) is 20.5 Å². The molecule has 0 aliphatic carbocycles. The Morgan fingerprint density at radius 1 is 1.00 bits per heavy atom. The molecule has 2 aliphatic heterocycles. The van der Waals surface area contributed by atoms with Crippen molar-refractivity contribution in [2.24, 2.45) is 11.8 Å². The lowest BCUT2D eigenvalue weighted by Gasteiger charge is -2.39. The third-order valence-electron chi connectivity index (χ3n) is 9.39. The van der Waals surface area contributed by atoms with Gasteiger partial charge in [0.05, 0.1) is 6.04 Å². The first-order valence-corrected chi connectivity index (χ1v) is 16.2. The number of rotatable bonds is 11. The number of H-pyrrole nitrogens is 1. The molecule has 2 fully saturated rings. The van der Waals surface area contributed by atoms with Crippen molar-refractivity contribution in [3.05, 3.63) is 36.0 Å². The molecule has 4 rings (SSSR count). The van der Waals surface area contributed by atoms with Crippen molar-refractivity contribution in [3.8, 4) is 0 Å². The maximum Gasteiger partial charge on any atom is 0.246 e. The minimum absolute atomic E-state index is 0.0313. The number of piperidine rings is 1. The van der Waals surface area contributed by atoms with Crippen LogP contribution in [0.3, 0.4) is 0 Å². The van der Waals surface area contributed by atoms with Crippen molar-refractivity contribution >= 4 is 40.2 Å². The SMILES string of the molecule is CCC(=O)CCCCC[C@@H]1CC(=O)[C@H]2CCCCN2C(=O)[C@H](C(C)CC)NC(=O)[C@H](Cc2c[nH]c3ccccc23)NC1=O. The molecule has 1 aromatic carbocycles. The predicted molar refractivity (Wildman–Crippen MR) is 166 cm³/mol. The summed E-state index contributed by atoms with van der Waals surface area (Å²) in [5.74, 6) is -1.54. The Morgan fingerprint density at radius 3 is 2.56 bits per heavy atom. The molecule has 0 bridgehead atoms. The lowest BCUT2D eigenvalue weighted by atomic mass is 9.87. The van der Waals surface area contributed by atoms with Gasteiger partial charge in [-0.25, -0.2) is 0 Å². The molecule has 43 heavy (non-hydrogen) atoms. The van der Waals surface area contributed by atoms with Crippen LogP contribution in [0.25, 0.3) is 10.9 Å². The summed E-state index contributed by atoms with van der Waals surface area (Å²) in [4.78, 5) is 72.2. The van der Waals surface area contributed by atoms with Crippen LogP contribution in [-0.4, -0.2) is 63.8 Å². The normalized spacial score (nSPS) is 24.5. The van der Waals surface area contributed by atoms with Gasteiger partial charge in [0, 0.05) is 55.2 Å². The number of benzene rings is 1. The molecule has 3 N–H and O–H groups in total. The average molecular weight is 593 g/mol. The minimum atomic E-state index is -0.914. The lowest BCUT2D eigenvalue weighted by molar-refractivity contribution is -0.147. The minimum Gasteiger partial charge on any atom is -0.361 e. The zero-order valence-electron chi connectivity index (χ0n) is 26.0. The highest BCUT2D eigenvalue weighted by atomic mass is 16.2. The number of nitrogens with zero attached hydrogens (tertiary/aromatic N) is 1. The second kappa shape index (κ2) is 15.3. The summed E-state index contributed by atoms with van der Waals surface area (Å²) in [5.41, 5.74) is 1.82. The number of para-hydroxylation sites is 1. The average Bonchev–Trinajstić information content (AvgIpc) is 3.43. The van der Waals surface area contributed by atoms with Crippen molar-refractivity contribution in [2.45, 2.75) is 116 Å².